The van der Waals surface area contributed by atoms with E-state index in [2.05, 4.69) is 35.1 Å². The smallest absolute Gasteiger partial charge is 0.0950 e. The van der Waals surface area contributed by atoms with E-state index in [0.717, 1.165) is 35.6 Å². The fourth-order valence-electron chi connectivity index (χ4n) is 3.31. The molecule has 1 N–H and O–H groups in total. The van der Waals surface area contributed by atoms with Crippen LogP contribution in [0.4, 0.5) is 5.69 Å². The molecule has 1 aliphatic heterocycles. The van der Waals surface area contributed by atoms with Gasteiger partial charge in [-0.1, -0.05) is 25.4 Å². The Hall–Kier alpha value is -1.32. The van der Waals surface area contributed by atoms with E-state index in [4.69, 9.17) is 11.6 Å². The van der Waals surface area contributed by atoms with Gasteiger partial charge in [-0.05, 0) is 43.1 Å². The fourth-order valence-corrected chi connectivity index (χ4v) is 3.52. The van der Waals surface area contributed by atoms with Crippen LogP contribution in [0.25, 0.3) is 10.9 Å². The number of hydrogen-bond acceptors (Lipinski definition) is 3. The minimum Gasteiger partial charge on any atom is -0.369 e. The average Bonchev–Trinajstić information content (AvgIpc) is 2.50. The molecular formula is C17H22ClN3. The molecule has 3 nitrogen and oxygen atoms in total. The average molecular weight is 304 g/mol. The lowest BCUT2D eigenvalue weighted by Gasteiger charge is -2.39. The maximum atomic E-state index is 6.29. The van der Waals surface area contributed by atoms with Crippen LogP contribution < -0.4 is 10.2 Å². The number of nitrogens with zero attached hydrogens (tertiary/aromatic N) is 2. The summed E-state index contributed by atoms with van der Waals surface area (Å²) in [5.41, 5.74) is 2.22. The van der Waals surface area contributed by atoms with Crippen LogP contribution in [0, 0.1) is 5.92 Å². The molecule has 112 valence electrons. The highest BCUT2D eigenvalue weighted by atomic mass is 35.5. The number of aromatic nitrogens is 1. The van der Waals surface area contributed by atoms with Crippen molar-refractivity contribution < 1.29 is 0 Å². The summed E-state index contributed by atoms with van der Waals surface area (Å²) in [5, 5.41) is 5.40. The molecule has 2 aromatic rings. The fraction of sp³-hybridized carbons (Fsp3) is 0.471. The van der Waals surface area contributed by atoms with Crippen LogP contribution in [0.5, 0.6) is 0 Å². The predicted molar refractivity (Wildman–Crippen MR) is 90.2 cm³/mol. The Kier molecular flexibility index (Phi) is 4.32. The topological polar surface area (TPSA) is 28.2 Å². The first-order chi connectivity index (χ1) is 10.2. The van der Waals surface area contributed by atoms with Crippen LogP contribution >= 0.6 is 11.6 Å². The maximum absolute atomic E-state index is 6.29. The van der Waals surface area contributed by atoms with E-state index in [1.54, 1.807) is 0 Å². The third-order valence-electron chi connectivity index (χ3n) is 4.41. The lowest BCUT2D eigenvalue weighted by atomic mass is 9.93. The number of rotatable bonds is 3. The molecule has 2 heterocycles. The molecule has 0 spiro atoms. The molecule has 21 heavy (non-hydrogen) atoms. The molecule has 0 radical (unpaired) electrons. The Morgan fingerprint density at radius 3 is 3.00 bits per heavy atom. The number of anilines is 1. The minimum absolute atomic E-state index is 0.623. The Morgan fingerprint density at radius 1 is 1.38 bits per heavy atom. The van der Waals surface area contributed by atoms with Gasteiger partial charge in [-0.25, -0.2) is 0 Å². The normalized spacial score (nSPS) is 22.7. The van der Waals surface area contributed by atoms with Gasteiger partial charge in [0.15, 0.2) is 0 Å². The second-order valence-corrected chi connectivity index (χ2v) is 6.25. The number of benzene rings is 1. The van der Waals surface area contributed by atoms with Crippen molar-refractivity contribution in [1.82, 2.24) is 10.3 Å². The molecule has 1 saturated heterocycles. The zero-order valence-corrected chi connectivity index (χ0v) is 13.4. The molecule has 1 aliphatic rings. The van der Waals surface area contributed by atoms with Crippen LogP contribution in [-0.4, -0.2) is 30.7 Å². The Labute approximate surface area is 131 Å². The number of halogens is 1. The van der Waals surface area contributed by atoms with Crippen molar-refractivity contribution in [1.29, 1.82) is 0 Å². The molecule has 0 saturated carbocycles. The number of hydrogen-bond donors (Lipinski definition) is 1. The van der Waals surface area contributed by atoms with Gasteiger partial charge in [0.2, 0.25) is 0 Å². The van der Waals surface area contributed by atoms with Crippen molar-refractivity contribution in [2.24, 2.45) is 5.92 Å². The van der Waals surface area contributed by atoms with E-state index < -0.39 is 0 Å². The lowest BCUT2D eigenvalue weighted by molar-refractivity contribution is 0.327. The second kappa shape index (κ2) is 6.20. The molecule has 0 bridgehead atoms. The van der Waals surface area contributed by atoms with Gasteiger partial charge in [-0.15, -0.1) is 0 Å². The van der Waals surface area contributed by atoms with E-state index in [1.807, 2.05) is 24.4 Å². The summed E-state index contributed by atoms with van der Waals surface area (Å²) in [6, 6.07) is 8.71. The molecule has 0 amide bonds. The number of pyridine rings is 1. The summed E-state index contributed by atoms with van der Waals surface area (Å²) in [4.78, 5) is 7.00. The predicted octanol–water partition coefficient (Wildman–Crippen LogP) is 3.71. The van der Waals surface area contributed by atoms with Crippen molar-refractivity contribution in [3.8, 4) is 0 Å². The molecule has 2 unspecified atom stereocenters. The molecule has 2 atom stereocenters. The SMILES string of the molecule is CCNC1CCN(c2ccc(Cl)c3cccnc23)CC1C. The minimum atomic E-state index is 0.623. The summed E-state index contributed by atoms with van der Waals surface area (Å²) in [6.45, 7) is 7.67. The summed E-state index contributed by atoms with van der Waals surface area (Å²) < 4.78 is 0. The van der Waals surface area contributed by atoms with Crippen molar-refractivity contribution in [2.45, 2.75) is 26.3 Å². The zero-order chi connectivity index (χ0) is 14.8. The van der Waals surface area contributed by atoms with E-state index in [9.17, 15) is 0 Å². The second-order valence-electron chi connectivity index (χ2n) is 5.84. The van der Waals surface area contributed by atoms with Gasteiger partial charge in [0, 0.05) is 30.7 Å². The highest BCUT2D eigenvalue weighted by Gasteiger charge is 2.26. The van der Waals surface area contributed by atoms with Crippen LogP contribution in [0.1, 0.15) is 20.3 Å². The molecule has 0 aliphatic carbocycles. The summed E-state index contributed by atoms with van der Waals surface area (Å²) in [6.07, 6.45) is 3.02. The van der Waals surface area contributed by atoms with E-state index in [1.165, 1.54) is 12.1 Å². The van der Waals surface area contributed by atoms with E-state index >= 15 is 0 Å². The molecule has 1 aromatic heterocycles. The van der Waals surface area contributed by atoms with Crippen LogP contribution in [0.3, 0.4) is 0 Å². The maximum Gasteiger partial charge on any atom is 0.0950 e. The first-order valence-electron chi connectivity index (χ1n) is 7.72. The first kappa shape index (κ1) is 14.6. The Balaban J connectivity index is 1.90. The van der Waals surface area contributed by atoms with E-state index in [0.29, 0.717) is 12.0 Å². The van der Waals surface area contributed by atoms with Crippen molar-refractivity contribution in [3.05, 3.63) is 35.5 Å². The van der Waals surface area contributed by atoms with Gasteiger partial charge < -0.3 is 10.2 Å². The highest BCUT2D eigenvalue weighted by molar-refractivity contribution is 6.35. The van der Waals surface area contributed by atoms with Crippen molar-refractivity contribution in [2.75, 3.05) is 24.5 Å². The summed E-state index contributed by atoms with van der Waals surface area (Å²) in [7, 11) is 0. The Morgan fingerprint density at radius 2 is 2.24 bits per heavy atom. The quantitative estimate of drug-likeness (QED) is 0.937. The third-order valence-corrected chi connectivity index (χ3v) is 4.74. The van der Waals surface area contributed by atoms with Gasteiger partial charge in [0.05, 0.1) is 16.2 Å². The largest absolute Gasteiger partial charge is 0.369 e. The first-order valence-corrected chi connectivity index (χ1v) is 8.10. The summed E-state index contributed by atoms with van der Waals surface area (Å²) in [5.74, 6) is 0.633. The lowest BCUT2D eigenvalue weighted by Crippen LogP contribution is -2.48. The van der Waals surface area contributed by atoms with Crippen LogP contribution in [0.2, 0.25) is 5.02 Å². The standard InChI is InChI=1S/C17H22ClN3/c1-3-19-15-8-10-21(11-12(15)2)16-7-6-14(18)13-5-4-9-20-17(13)16/h4-7,9,12,15,19H,3,8,10-11H2,1-2H3. The van der Waals surface area contributed by atoms with Gasteiger partial charge in [-0.2, -0.15) is 0 Å². The number of nitrogens with one attached hydrogen (secondary N) is 1. The van der Waals surface area contributed by atoms with Crippen molar-refractivity contribution >= 4 is 28.2 Å². The zero-order valence-electron chi connectivity index (χ0n) is 12.6. The molecule has 1 aromatic carbocycles. The Bertz CT molecular complexity index is 628. The molecule has 1 fully saturated rings. The van der Waals surface area contributed by atoms with Gasteiger partial charge in [0.1, 0.15) is 0 Å². The molecular weight excluding hydrogens is 282 g/mol. The van der Waals surface area contributed by atoms with Crippen molar-refractivity contribution in [3.63, 3.8) is 0 Å². The van der Waals surface area contributed by atoms with Crippen LogP contribution in [-0.2, 0) is 0 Å². The van der Waals surface area contributed by atoms with Crippen LogP contribution in [0.15, 0.2) is 30.5 Å². The third kappa shape index (κ3) is 2.85. The van der Waals surface area contributed by atoms with E-state index in [-0.39, 0.29) is 0 Å². The highest BCUT2D eigenvalue weighted by Crippen LogP contribution is 2.32. The summed E-state index contributed by atoms with van der Waals surface area (Å²) >= 11 is 6.29. The van der Waals surface area contributed by atoms with Gasteiger partial charge in [0.25, 0.3) is 0 Å². The monoisotopic (exact) mass is 303 g/mol. The number of piperidine rings is 1. The van der Waals surface area contributed by atoms with Gasteiger partial charge >= 0.3 is 0 Å². The molecule has 3 rings (SSSR count). The molecule has 4 heteroatoms. The number of fused-ring (bicyclic) bond motifs is 1. The van der Waals surface area contributed by atoms with Gasteiger partial charge in [-0.3, -0.25) is 4.98 Å².